The summed E-state index contributed by atoms with van der Waals surface area (Å²) in [6.07, 6.45) is 2.76. The Morgan fingerprint density at radius 3 is 2.53 bits per heavy atom. The molecule has 5 aromatic rings. The SMILES string of the molecule is CCc1nn(-c2ccccc2)c2c1CN(C(=O)Nc1ccc(F)cc1)[C@@H](c1cccc(C)c1)c1cccn1-2. The highest BCUT2D eigenvalue weighted by molar-refractivity contribution is 5.90. The topological polar surface area (TPSA) is 55.1 Å². The number of halogens is 1. The summed E-state index contributed by atoms with van der Waals surface area (Å²) in [6, 6.07) is 27.6. The molecule has 1 aliphatic rings. The number of para-hydroxylation sites is 1. The summed E-state index contributed by atoms with van der Waals surface area (Å²) in [4.78, 5) is 15.8. The number of hydrogen-bond donors (Lipinski definition) is 1. The minimum absolute atomic E-state index is 0.266. The molecule has 1 N–H and O–H groups in total. The quantitative estimate of drug-likeness (QED) is 0.292. The number of amides is 2. The van der Waals surface area contributed by atoms with Gasteiger partial charge in [0.25, 0.3) is 0 Å². The molecule has 3 aromatic carbocycles. The highest BCUT2D eigenvalue weighted by Crippen LogP contribution is 2.39. The third kappa shape index (κ3) is 4.16. The maximum absolute atomic E-state index is 14.0. The fraction of sp³-hybridized carbons (Fsp3) is 0.161. The number of rotatable bonds is 4. The second-order valence-electron chi connectivity index (χ2n) is 9.53. The van der Waals surface area contributed by atoms with Gasteiger partial charge in [-0.05, 0) is 67.4 Å². The zero-order valence-corrected chi connectivity index (χ0v) is 21.3. The zero-order chi connectivity index (χ0) is 26.2. The first-order valence-electron chi connectivity index (χ1n) is 12.8. The van der Waals surface area contributed by atoms with Crippen molar-refractivity contribution in [3.05, 3.63) is 131 Å². The van der Waals surface area contributed by atoms with Gasteiger partial charge in [-0.3, -0.25) is 0 Å². The molecule has 7 heteroatoms. The van der Waals surface area contributed by atoms with Gasteiger partial charge in [-0.25, -0.2) is 13.9 Å². The van der Waals surface area contributed by atoms with Crippen LogP contribution in [0.4, 0.5) is 14.9 Å². The van der Waals surface area contributed by atoms with Crippen molar-refractivity contribution in [2.75, 3.05) is 5.32 Å². The van der Waals surface area contributed by atoms with Crippen LogP contribution in [-0.2, 0) is 13.0 Å². The maximum Gasteiger partial charge on any atom is 0.322 e. The number of carbonyl (C=O) groups excluding carboxylic acids is 1. The van der Waals surface area contributed by atoms with Crippen LogP contribution in [0.15, 0.2) is 97.2 Å². The Hall–Kier alpha value is -4.65. The summed E-state index contributed by atoms with van der Waals surface area (Å²) in [5.74, 6) is 0.585. The van der Waals surface area contributed by atoms with Gasteiger partial charge in [0.1, 0.15) is 11.6 Å². The first-order chi connectivity index (χ1) is 18.5. The third-order valence-corrected chi connectivity index (χ3v) is 7.02. The molecule has 2 amide bonds. The summed E-state index contributed by atoms with van der Waals surface area (Å²) in [6.45, 7) is 4.50. The van der Waals surface area contributed by atoms with E-state index in [2.05, 4.69) is 48.0 Å². The van der Waals surface area contributed by atoms with Gasteiger partial charge in [0.05, 0.1) is 29.7 Å². The molecule has 0 saturated carbocycles. The first-order valence-corrected chi connectivity index (χ1v) is 12.8. The fourth-order valence-electron chi connectivity index (χ4n) is 5.27. The van der Waals surface area contributed by atoms with Crippen molar-refractivity contribution in [2.24, 2.45) is 0 Å². The molecule has 0 unspecified atom stereocenters. The molecule has 0 spiro atoms. The van der Waals surface area contributed by atoms with Gasteiger partial charge >= 0.3 is 6.03 Å². The lowest BCUT2D eigenvalue weighted by atomic mass is 10.00. The van der Waals surface area contributed by atoms with Crippen molar-refractivity contribution in [1.82, 2.24) is 19.2 Å². The number of benzene rings is 3. The van der Waals surface area contributed by atoms with E-state index in [1.807, 2.05) is 58.2 Å². The second kappa shape index (κ2) is 9.67. The summed E-state index contributed by atoms with van der Waals surface area (Å²) in [7, 11) is 0. The molecular formula is C31H28FN5O. The van der Waals surface area contributed by atoms with Crippen molar-refractivity contribution < 1.29 is 9.18 Å². The van der Waals surface area contributed by atoms with Crippen molar-refractivity contribution in [3.63, 3.8) is 0 Å². The number of fused-ring (bicyclic) bond motifs is 3. The molecule has 0 bridgehead atoms. The number of anilines is 1. The lowest BCUT2D eigenvalue weighted by Crippen LogP contribution is -2.38. The Labute approximate surface area is 221 Å². The second-order valence-corrected chi connectivity index (χ2v) is 9.53. The molecule has 190 valence electrons. The smallest absolute Gasteiger partial charge is 0.308 e. The molecule has 1 aliphatic heterocycles. The standard InChI is InChI=1S/C31H28FN5O/c1-3-27-26-20-36(31(38)33-24-16-14-23(32)15-17-24)29(22-10-7-9-21(2)19-22)28-13-8-18-35(28)30(26)37(34-27)25-11-5-4-6-12-25/h4-19,29H,3,20H2,1-2H3,(H,33,38)/t29-/m0/s1. The Morgan fingerprint density at radius 2 is 1.79 bits per heavy atom. The zero-order valence-electron chi connectivity index (χ0n) is 21.3. The Morgan fingerprint density at radius 1 is 1.00 bits per heavy atom. The van der Waals surface area contributed by atoms with Crippen LogP contribution < -0.4 is 5.32 Å². The molecule has 3 heterocycles. The molecule has 0 radical (unpaired) electrons. The molecule has 6 nitrogen and oxygen atoms in total. The molecule has 0 aliphatic carbocycles. The number of hydrogen-bond acceptors (Lipinski definition) is 2. The van der Waals surface area contributed by atoms with E-state index in [1.165, 1.54) is 12.1 Å². The first kappa shape index (κ1) is 23.7. The van der Waals surface area contributed by atoms with Crippen LogP contribution >= 0.6 is 0 Å². The van der Waals surface area contributed by atoms with E-state index in [0.717, 1.165) is 46.0 Å². The van der Waals surface area contributed by atoms with E-state index < -0.39 is 0 Å². The van der Waals surface area contributed by atoms with Crippen LogP contribution in [0.2, 0.25) is 0 Å². The van der Waals surface area contributed by atoms with E-state index >= 15 is 0 Å². The largest absolute Gasteiger partial charge is 0.322 e. The van der Waals surface area contributed by atoms with E-state index in [1.54, 1.807) is 12.1 Å². The molecule has 38 heavy (non-hydrogen) atoms. The summed E-state index contributed by atoms with van der Waals surface area (Å²) in [5, 5.41) is 7.99. The Balaban J connectivity index is 1.55. The minimum atomic E-state index is -0.355. The lowest BCUT2D eigenvalue weighted by Gasteiger charge is -2.31. The summed E-state index contributed by atoms with van der Waals surface area (Å²) >= 11 is 0. The van der Waals surface area contributed by atoms with Crippen molar-refractivity contribution in [3.8, 4) is 11.5 Å². The van der Waals surface area contributed by atoms with Crippen LogP contribution in [-0.4, -0.2) is 25.3 Å². The number of nitrogens with one attached hydrogen (secondary N) is 1. The predicted octanol–water partition coefficient (Wildman–Crippen LogP) is 6.81. The van der Waals surface area contributed by atoms with E-state index in [0.29, 0.717) is 12.2 Å². The number of carbonyl (C=O) groups is 1. The summed E-state index contributed by atoms with van der Waals surface area (Å²) < 4.78 is 17.7. The van der Waals surface area contributed by atoms with Gasteiger partial charge in [-0.1, -0.05) is 55.0 Å². The highest BCUT2D eigenvalue weighted by atomic mass is 19.1. The minimum Gasteiger partial charge on any atom is -0.308 e. The van der Waals surface area contributed by atoms with Crippen LogP contribution in [0.3, 0.4) is 0 Å². The number of nitrogens with zero attached hydrogens (tertiary/aromatic N) is 4. The van der Waals surface area contributed by atoms with E-state index in [4.69, 9.17) is 5.10 Å². The van der Waals surface area contributed by atoms with Crippen molar-refractivity contribution in [1.29, 1.82) is 0 Å². The number of aryl methyl sites for hydroxylation is 2. The molecule has 0 saturated heterocycles. The van der Waals surface area contributed by atoms with E-state index in [9.17, 15) is 9.18 Å². The van der Waals surface area contributed by atoms with Crippen LogP contribution in [0.1, 0.15) is 41.0 Å². The van der Waals surface area contributed by atoms with E-state index in [-0.39, 0.29) is 17.9 Å². The fourth-order valence-corrected chi connectivity index (χ4v) is 5.27. The maximum atomic E-state index is 14.0. The summed E-state index contributed by atoms with van der Waals surface area (Å²) in [5.41, 5.74) is 6.52. The Bertz CT molecular complexity index is 1600. The average molecular weight is 506 g/mol. The number of urea groups is 1. The number of aromatic nitrogens is 3. The lowest BCUT2D eigenvalue weighted by molar-refractivity contribution is 0.194. The molecule has 2 aromatic heterocycles. The molecule has 0 fully saturated rings. The van der Waals surface area contributed by atoms with Gasteiger partial charge in [0.2, 0.25) is 0 Å². The third-order valence-electron chi connectivity index (χ3n) is 7.02. The van der Waals surface area contributed by atoms with Crippen LogP contribution in [0, 0.1) is 12.7 Å². The van der Waals surface area contributed by atoms with Gasteiger partial charge in [0, 0.05) is 17.4 Å². The van der Waals surface area contributed by atoms with Gasteiger partial charge in [0.15, 0.2) is 0 Å². The van der Waals surface area contributed by atoms with Crippen molar-refractivity contribution in [2.45, 2.75) is 32.9 Å². The molecular weight excluding hydrogens is 477 g/mol. The van der Waals surface area contributed by atoms with Gasteiger partial charge < -0.3 is 14.8 Å². The predicted molar refractivity (Wildman–Crippen MR) is 146 cm³/mol. The molecule has 1 atom stereocenters. The van der Waals surface area contributed by atoms with Crippen LogP contribution in [0.5, 0.6) is 0 Å². The Kier molecular flexibility index (Phi) is 6.04. The monoisotopic (exact) mass is 505 g/mol. The van der Waals surface area contributed by atoms with Crippen molar-refractivity contribution >= 4 is 11.7 Å². The normalized spacial score (nSPS) is 14.5. The molecule has 6 rings (SSSR count). The van der Waals surface area contributed by atoms with Crippen LogP contribution in [0.25, 0.3) is 11.5 Å². The van der Waals surface area contributed by atoms with Gasteiger partial charge in [-0.2, -0.15) is 5.10 Å². The average Bonchev–Trinajstić information content (AvgIpc) is 3.51. The highest BCUT2D eigenvalue weighted by Gasteiger charge is 2.36. The van der Waals surface area contributed by atoms with Gasteiger partial charge in [-0.15, -0.1) is 0 Å².